The molecule has 0 fully saturated rings. The molecule has 3 aromatic rings. The quantitative estimate of drug-likeness (QED) is 0.330. The van der Waals surface area contributed by atoms with Crippen LogP contribution in [-0.2, 0) is 0 Å². The summed E-state index contributed by atoms with van der Waals surface area (Å²) in [7, 11) is 0. The van der Waals surface area contributed by atoms with Gasteiger partial charge in [-0.05, 0) is 51.8 Å². The maximum absolute atomic E-state index is 12.6. The van der Waals surface area contributed by atoms with Gasteiger partial charge in [0.15, 0.2) is 10.5 Å². The Balaban J connectivity index is 1.99. The topological polar surface area (TPSA) is 73.3 Å². The third kappa shape index (κ3) is 3.92. The zero-order valence-electron chi connectivity index (χ0n) is 12.9. The zero-order valence-corrected chi connectivity index (χ0v) is 14.5. The smallest absolute Gasteiger partial charge is 0.280 e. The third-order valence-corrected chi connectivity index (χ3v) is 3.96. The summed E-state index contributed by atoms with van der Waals surface area (Å²) in [6.45, 7) is 0. The van der Waals surface area contributed by atoms with Crippen LogP contribution >= 0.6 is 15.9 Å². The van der Waals surface area contributed by atoms with E-state index in [0.29, 0.717) is 21.6 Å². The van der Waals surface area contributed by atoms with Gasteiger partial charge in [0, 0.05) is 11.6 Å². The van der Waals surface area contributed by atoms with E-state index in [0.717, 1.165) is 0 Å². The SMILES string of the molecule is O=C(c1ccccc1)c1cc(C=Cc2ccc(Br)o2)ccc1[N+](=O)[O-]. The van der Waals surface area contributed by atoms with E-state index in [1.54, 1.807) is 60.7 Å². The van der Waals surface area contributed by atoms with Crippen LogP contribution < -0.4 is 0 Å². The second-order valence-electron chi connectivity index (χ2n) is 5.20. The second kappa shape index (κ2) is 7.27. The highest BCUT2D eigenvalue weighted by Gasteiger charge is 2.21. The highest BCUT2D eigenvalue weighted by atomic mass is 79.9. The first kappa shape index (κ1) is 16.9. The zero-order chi connectivity index (χ0) is 17.8. The van der Waals surface area contributed by atoms with Crippen LogP contribution in [0.5, 0.6) is 0 Å². The Labute approximate surface area is 151 Å². The molecule has 124 valence electrons. The molecule has 1 aromatic heterocycles. The fourth-order valence-corrected chi connectivity index (χ4v) is 2.66. The van der Waals surface area contributed by atoms with Crippen molar-refractivity contribution in [1.82, 2.24) is 0 Å². The molecule has 5 nitrogen and oxygen atoms in total. The number of nitrogens with zero attached hydrogens (tertiary/aromatic N) is 1. The van der Waals surface area contributed by atoms with E-state index in [9.17, 15) is 14.9 Å². The van der Waals surface area contributed by atoms with Crippen molar-refractivity contribution in [1.29, 1.82) is 0 Å². The van der Waals surface area contributed by atoms with Crippen LogP contribution in [-0.4, -0.2) is 10.7 Å². The molecule has 0 radical (unpaired) electrons. The monoisotopic (exact) mass is 397 g/mol. The number of furan rings is 1. The van der Waals surface area contributed by atoms with Gasteiger partial charge in [-0.15, -0.1) is 0 Å². The van der Waals surface area contributed by atoms with Crippen LogP contribution in [0.2, 0.25) is 0 Å². The minimum absolute atomic E-state index is 0.0546. The number of benzene rings is 2. The molecule has 0 spiro atoms. The number of nitro benzene ring substituents is 1. The molecule has 0 N–H and O–H groups in total. The number of hydrogen-bond acceptors (Lipinski definition) is 4. The molecule has 3 rings (SSSR count). The maximum Gasteiger partial charge on any atom is 0.280 e. The highest BCUT2D eigenvalue weighted by Crippen LogP contribution is 2.24. The van der Waals surface area contributed by atoms with Crippen molar-refractivity contribution in [3.05, 3.63) is 97.9 Å². The van der Waals surface area contributed by atoms with Gasteiger partial charge in [-0.25, -0.2) is 0 Å². The van der Waals surface area contributed by atoms with Gasteiger partial charge in [-0.3, -0.25) is 14.9 Å². The van der Waals surface area contributed by atoms with Gasteiger partial charge >= 0.3 is 0 Å². The number of carbonyl (C=O) groups excluding carboxylic acids is 1. The predicted octanol–water partition coefficient (Wildman–Crippen LogP) is 5.35. The summed E-state index contributed by atoms with van der Waals surface area (Å²) < 4.78 is 5.98. The lowest BCUT2D eigenvalue weighted by atomic mass is 9.99. The minimum Gasteiger partial charge on any atom is -0.450 e. The molecule has 0 aliphatic rings. The van der Waals surface area contributed by atoms with Crippen LogP contribution in [0.1, 0.15) is 27.2 Å². The Bertz CT molecular complexity index is 961. The molecule has 2 aromatic carbocycles. The van der Waals surface area contributed by atoms with Crippen molar-refractivity contribution >= 4 is 39.6 Å². The number of ketones is 1. The highest BCUT2D eigenvalue weighted by molar-refractivity contribution is 9.10. The van der Waals surface area contributed by atoms with Gasteiger partial charge < -0.3 is 4.42 Å². The molecule has 0 bridgehead atoms. The molecule has 0 aliphatic carbocycles. The standard InChI is InChI=1S/C19H12BrNO4/c20-18-11-9-15(25-18)8-6-13-7-10-17(21(23)24)16(12-13)19(22)14-4-2-1-3-5-14/h1-12H. The molecule has 0 aliphatic heterocycles. The molecule has 0 atom stereocenters. The lowest BCUT2D eigenvalue weighted by molar-refractivity contribution is -0.385. The van der Waals surface area contributed by atoms with E-state index in [-0.39, 0.29) is 17.0 Å². The fourth-order valence-electron chi connectivity index (χ4n) is 2.34. The van der Waals surface area contributed by atoms with E-state index in [4.69, 9.17) is 4.42 Å². The lowest BCUT2D eigenvalue weighted by Crippen LogP contribution is -2.05. The van der Waals surface area contributed by atoms with Gasteiger partial charge in [0.1, 0.15) is 11.3 Å². The second-order valence-corrected chi connectivity index (χ2v) is 5.99. The lowest BCUT2D eigenvalue weighted by Gasteiger charge is -2.04. The van der Waals surface area contributed by atoms with E-state index >= 15 is 0 Å². The molecule has 0 amide bonds. The van der Waals surface area contributed by atoms with Crippen molar-refractivity contribution in [2.24, 2.45) is 0 Å². The van der Waals surface area contributed by atoms with Gasteiger partial charge in [0.2, 0.25) is 0 Å². The summed E-state index contributed by atoms with van der Waals surface area (Å²) in [5.74, 6) is 0.240. The fraction of sp³-hybridized carbons (Fsp3) is 0. The third-order valence-electron chi connectivity index (χ3n) is 3.53. The van der Waals surface area contributed by atoms with Crippen molar-refractivity contribution in [2.45, 2.75) is 0 Å². The van der Waals surface area contributed by atoms with Crippen LogP contribution in [0.3, 0.4) is 0 Å². The van der Waals surface area contributed by atoms with E-state index in [1.807, 2.05) is 0 Å². The normalized spacial score (nSPS) is 10.9. The molecular formula is C19H12BrNO4. The van der Waals surface area contributed by atoms with Gasteiger partial charge in [-0.2, -0.15) is 0 Å². The molecule has 25 heavy (non-hydrogen) atoms. The van der Waals surface area contributed by atoms with E-state index in [2.05, 4.69) is 15.9 Å². The Morgan fingerprint density at radius 2 is 1.80 bits per heavy atom. The molecule has 1 heterocycles. The first-order valence-electron chi connectivity index (χ1n) is 7.36. The van der Waals surface area contributed by atoms with E-state index < -0.39 is 4.92 Å². The van der Waals surface area contributed by atoms with Gasteiger partial charge in [0.25, 0.3) is 5.69 Å². The number of halogens is 1. The van der Waals surface area contributed by atoms with Crippen molar-refractivity contribution in [3.63, 3.8) is 0 Å². The summed E-state index contributed by atoms with van der Waals surface area (Å²) in [5.41, 5.74) is 0.907. The molecular weight excluding hydrogens is 386 g/mol. The average Bonchev–Trinajstić information content (AvgIpc) is 3.05. The van der Waals surface area contributed by atoms with Crippen LogP contribution in [0, 0.1) is 10.1 Å². The first-order valence-corrected chi connectivity index (χ1v) is 8.15. The van der Waals surface area contributed by atoms with E-state index in [1.165, 1.54) is 12.1 Å². The Morgan fingerprint density at radius 3 is 2.44 bits per heavy atom. The first-order chi connectivity index (χ1) is 12.0. The van der Waals surface area contributed by atoms with Crippen LogP contribution in [0.25, 0.3) is 12.2 Å². The van der Waals surface area contributed by atoms with Crippen molar-refractivity contribution in [3.8, 4) is 0 Å². The number of rotatable bonds is 5. The Hall–Kier alpha value is -2.99. The Morgan fingerprint density at radius 1 is 1.04 bits per heavy atom. The molecule has 0 unspecified atom stereocenters. The minimum atomic E-state index is -0.548. The molecule has 0 saturated carbocycles. The van der Waals surface area contributed by atoms with Gasteiger partial charge in [0.05, 0.1) is 4.92 Å². The number of hydrogen-bond donors (Lipinski definition) is 0. The van der Waals surface area contributed by atoms with Crippen molar-refractivity contribution < 1.29 is 14.1 Å². The summed E-state index contributed by atoms with van der Waals surface area (Å²) in [5, 5.41) is 11.3. The number of carbonyl (C=O) groups is 1. The summed E-state index contributed by atoms with van der Waals surface area (Å²) in [4.78, 5) is 23.4. The average molecular weight is 398 g/mol. The van der Waals surface area contributed by atoms with Crippen LogP contribution in [0.4, 0.5) is 5.69 Å². The Kier molecular flexibility index (Phi) is 4.90. The predicted molar refractivity (Wildman–Crippen MR) is 98.3 cm³/mol. The van der Waals surface area contributed by atoms with Crippen molar-refractivity contribution in [2.75, 3.05) is 0 Å². The largest absolute Gasteiger partial charge is 0.450 e. The molecule has 0 saturated heterocycles. The van der Waals surface area contributed by atoms with Gasteiger partial charge in [-0.1, -0.05) is 36.4 Å². The summed E-state index contributed by atoms with van der Waals surface area (Å²) in [6, 6.07) is 16.5. The summed E-state index contributed by atoms with van der Waals surface area (Å²) >= 11 is 3.22. The molecule has 6 heteroatoms. The summed E-state index contributed by atoms with van der Waals surface area (Å²) in [6.07, 6.45) is 3.46. The number of nitro groups is 1. The maximum atomic E-state index is 12.6. The van der Waals surface area contributed by atoms with Crippen LogP contribution in [0.15, 0.2) is 69.8 Å².